The predicted octanol–water partition coefficient (Wildman–Crippen LogP) is 5.12. The fourth-order valence-electron chi connectivity index (χ4n) is 1.16. The van der Waals surface area contributed by atoms with Crippen LogP contribution in [0.4, 0.5) is 0 Å². The van der Waals surface area contributed by atoms with Gasteiger partial charge in [0.15, 0.2) is 0 Å². The van der Waals surface area contributed by atoms with Crippen LogP contribution in [0.3, 0.4) is 0 Å². The van der Waals surface area contributed by atoms with Crippen LogP contribution < -0.4 is 0 Å². The maximum absolute atomic E-state index is 6.26. The monoisotopic (exact) mass is 236 g/mol. The van der Waals surface area contributed by atoms with E-state index in [1.54, 1.807) is 11.3 Å². The molecule has 0 bridgehead atoms. The Hall–Kier alpha value is 0.280. The third-order valence-electron chi connectivity index (χ3n) is 1.72. The fourth-order valence-corrected chi connectivity index (χ4v) is 3.12. The van der Waals surface area contributed by atoms with Crippen LogP contribution in [-0.4, -0.2) is 0 Å². The van der Waals surface area contributed by atoms with Crippen molar-refractivity contribution in [2.24, 2.45) is 5.41 Å². The Labute approximate surface area is 93.9 Å². The van der Waals surface area contributed by atoms with E-state index in [-0.39, 0.29) is 10.8 Å². The lowest BCUT2D eigenvalue weighted by Gasteiger charge is -2.21. The molecule has 0 saturated heterocycles. The van der Waals surface area contributed by atoms with Gasteiger partial charge in [0.1, 0.15) is 0 Å². The minimum atomic E-state index is 0.0486. The highest BCUT2D eigenvalue weighted by Gasteiger charge is 2.20. The molecule has 0 radical (unpaired) electrons. The molecule has 0 amide bonds. The molecule has 0 nitrogen and oxygen atoms in total. The largest absolute Gasteiger partial charge is 0.146 e. The van der Waals surface area contributed by atoms with Gasteiger partial charge in [0.2, 0.25) is 0 Å². The summed E-state index contributed by atoms with van der Waals surface area (Å²) in [6.45, 7) is 6.55. The summed E-state index contributed by atoms with van der Waals surface area (Å²) in [6.07, 6.45) is 0.953. The molecule has 0 aliphatic heterocycles. The first-order valence-electron chi connectivity index (χ1n) is 4.27. The quantitative estimate of drug-likeness (QED) is 0.626. The second kappa shape index (κ2) is 4.20. The van der Waals surface area contributed by atoms with Gasteiger partial charge in [0, 0.05) is 4.88 Å². The van der Waals surface area contributed by atoms with E-state index in [0.717, 1.165) is 16.3 Å². The van der Waals surface area contributed by atoms with Gasteiger partial charge in [-0.15, -0.1) is 22.9 Å². The van der Waals surface area contributed by atoms with Gasteiger partial charge in [-0.05, 0) is 23.3 Å². The van der Waals surface area contributed by atoms with Crippen molar-refractivity contribution in [3.8, 4) is 0 Å². The van der Waals surface area contributed by atoms with Crippen LogP contribution in [0.1, 0.15) is 37.4 Å². The summed E-state index contributed by atoms with van der Waals surface area (Å²) in [5.74, 6) is 0. The van der Waals surface area contributed by atoms with Crippen molar-refractivity contribution < 1.29 is 0 Å². The maximum atomic E-state index is 6.26. The van der Waals surface area contributed by atoms with Gasteiger partial charge in [-0.2, -0.15) is 0 Å². The maximum Gasteiger partial charge on any atom is 0.0698 e. The van der Waals surface area contributed by atoms with Crippen molar-refractivity contribution >= 4 is 34.5 Å². The summed E-state index contributed by atoms with van der Waals surface area (Å²) in [5.41, 5.74) is 0.250. The van der Waals surface area contributed by atoms with Crippen molar-refractivity contribution in [1.29, 1.82) is 0 Å². The first-order chi connectivity index (χ1) is 5.90. The van der Waals surface area contributed by atoms with Gasteiger partial charge in [-0.1, -0.05) is 32.4 Å². The molecule has 0 aliphatic carbocycles. The molecule has 0 N–H and O–H groups in total. The number of alkyl halides is 1. The number of thiophene rings is 1. The predicted molar refractivity (Wildman–Crippen MR) is 62.0 cm³/mol. The standard InChI is InChI=1S/C10H14Cl2S/c1-10(2,3)6-8(12)9-7(11)4-5-13-9/h4-5,8H,6H2,1-3H3. The Bertz CT molecular complexity index is 273. The molecule has 1 aromatic heterocycles. The number of hydrogen-bond donors (Lipinski definition) is 0. The second-order valence-corrected chi connectivity index (χ2v) is 6.25. The molecular formula is C10H14Cl2S. The SMILES string of the molecule is CC(C)(C)CC(Cl)c1sccc1Cl. The molecule has 1 atom stereocenters. The Balaban J connectivity index is 2.69. The van der Waals surface area contributed by atoms with Gasteiger partial charge < -0.3 is 0 Å². The molecule has 0 aromatic carbocycles. The lowest BCUT2D eigenvalue weighted by Crippen LogP contribution is -2.07. The van der Waals surface area contributed by atoms with E-state index in [4.69, 9.17) is 23.2 Å². The Kier molecular flexibility index (Phi) is 3.67. The van der Waals surface area contributed by atoms with Gasteiger partial charge in [0.05, 0.1) is 10.4 Å². The van der Waals surface area contributed by atoms with Crippen LogP contribution in [0.2, 0.25) is 5.02 Å². The van der Waals surface area contributed by atoms with Crippen LogP contribution >= 0.6 is 34.5 Å². The molecular weight excluding hydrogens is 223 g/mol. The molecule has 0 aliphatic rings. The highest BCUT2D eigenvalue weighted by Crippen LogP contribution is 2.39. The molecule has 1 heterocycles. The smallest absolute Gasteiger partial charge is 0.0698 e. The van der Waals surface area contributed by atoms with E-state index in [9.17, 15) is 0 Å². The second-order valence-electron chi connectivity index (χ2n) is 4.37. The van der Waals surface area contributed by atoms with Crippen molar-refractivity contribution in [1.82, 2.24) is 0 Å². The van der Waals surface area contributed by atoms with Gasteiger partial charge >= 0.3 is 0 Å². The minimum absolute atomic E-state index is 0.0486. The zero-order valence-corrected chi connectivity index (χ0v) is 10.4. The molecule has 1 aromatic rings. The van der Waals surface area contributed by atoms with Gasteiger partial charge in [0.25, 0.3) is 0 Å². The fraction of sp³-hybridized carbons (Fsp3) is 0.600. The van der Waals surface area contributed by atoms with Crippen molar-refractivity contribution in [2.45, 2.75) is 32.6 Å². The number of rotatable bonds is 2. The van der Waals surface area contributed by atoms with E-state index in [1.807, 2.05) is 11.4 Å². The van der Waals surface area contributed by atoms with Crippen LogP contribution in [0.15, 0.2) is 11.4 Å². The summed E-state index contributed by atoms with van der Waals surface area (Å²) in [6, 6.07) is 1.90. The molecule has 0 saturated carbocycles. The lowest BCUT2D eigenvalue weighted by atomic mass is 9.90. The molecule has 1 rings (SSSR count). The summed E-state index contributed by atoms with van der Waals surface area (Å²) >= 11 is 13.9. The zero-order valence-electron chi connectivity index (χ0n) is 8.10. The molecule has 13 heavy (non-hydrogen) atoms. The Morgan fingerprint density at radius 3 is 2.46 bits per heavy atom. The van der Waals surface area contributed by atoms with E-state index in [0.29, 0.717) is 0 Å². The Morgan fingerprint density at radius 2 is 2.08 bits per heavy atom. The summed E-state index contributed by atoms with van der Waals surface area (Å²) in [5, 5.41) is 2.83. The van der Waals surface area contributed by atoms with Gasteiger partial charge in [-0.25, -0.2) is 0 Å². The minimum Gasteiger partial charge on any atom is -0.146 e. The van der Waals surface area contributed by atoms with Crippen LogP contribution in [0.5, 0.6) is 0 Å². The molecule has 0 spiro atoms. The first-order valence-corrected chi connectivity index (χ1v) is 5.96. The summed E-state index contributed by atoms with van der Waals surface area (Å²) in [4.78, 5) is 1.10. The number of hydrogen-bond acceptors (Lipinski definition) is 1. The topological polar surface area (TPSA) is 0 Å². The first kappa shape index (κ1) is 11.4. The molecule has 1 unspecified atom stereocenters. The average Bonchev–Trinajstić information content (AvgIpc) is 2.30. The summed E-state index contributed by atoms with van der Waals surface area (Å²) in [7, 11) is 0. The normalized spacial score (nSPS) is 14.5. The van der Waals surface area contributed by atoms with E-state index >= 15 is 0 Å². The van der Waals surface area contributed by atoms with Crippen LogP contribution in [-0.2, 0) is 0 Å². The van der Waals surface area contributed by atoms with Crippen LogP contribution in [0.25, 0.3) is 0 Å². The Morgan fingerprint density at radius 1 is 1.46 bits per heavy atom. The number of halogens is 2. The van der Waals surface area contributed by atoms with Crippen molar-refractivity contribution in [3.63, 3.8) is 0 Å². The van der Waals surface area contributed by atoms with Crippen LogP contribution in [0, 0.1) is 5.41 Å². The summed E-state index contributed by atoms with van der Waals surface area (Å²) < 4.78 is 0. The molecule has 74 valence electrons. The van der Waals surface area contributed by atoms with Crippen molar-refractivity contribution in [3.05, 3.63) is 21.3 Å². The zero-order chi connectivity index (χ0) is 10.1. The van der Waals surface area contributed by atoms with Gasteiger partial charge in [-0.3, -0.25) is 0 Å². The van der Waals surface area contributed by atoms with E-state index in [1.165, 1.54) is 0 Å². The average molecular weight is 237 g/mol. The molecule has 0 fully saturated rings. The third-order valence-corrected chi connectivity index (χ3v) is 3.69. The van der Waals surface area contributed by atoms with E-state index < -0.39 is 0 Å². The lowest BCUT2D eigenvalue weighted by molar-refractivity contribution is 0.374. The highest BCUT2D eigenvalue weighted by atomic mass is 35.5. The van der Waals surface area contributed by atoms with Crippen molar-refractivity contribution in [2.75, 3.05) is 0 Å². The third kappa shape index (κ3) is 3.49. The molecule has 3 heteroatoms. The highest BCUT2D eigenvalue weighted by molar-refractivity contribution is 7.11. The van der Waals surface area contributed by atoms with E-state index in [2.05, 4.69) is 20.8 Å².